The first kappa shape index (κ1) is 21.2. The highest BCUT2D eigenvalue weighted by Crippen LogP contribution is 2.32. The molecule has 0 aliphatic heterocycles. The number of halogens is 2. The van der Waals surface area contributed by atoms with Gasteiger partial charge >= 0.3 is 0 Å². The fourth-order valence-corrected chi connectivity index (χ4v) is 3.88. The Hall–Kier alpha value is -2.54. The van der Waals surface area contributed by atoms with Crippen LogP contribution in [0.15, 0.2) is 76.8 Å². The topological polar surface area (TPSA) is 64.7 Å². The monoisotopic (exact) mass is 446 g/mol. The Bertz CT molecular complexity index is 1030. The third kappa shape index (κ3) is 6.22. The molecule has 0 aromatic heterocycles. The number of nitrogens with zero attached hydrogens (tertiary/aromatic N) is 2. The van der Waals surface area contributed by atoms with E-state index in [-0.39, 0.29) is 17.2 Å². The minimum absolute atomic E-state index is 0.0376. The number of rotatable bonds is 8. The summed E-state index contributed by atoms with van der Waals surface area (Å²) in [6, 6.07) is 19.9. The number of hydrogen-bond donors (Lipinski definition) is 0. The minimum atomic E-state index is -0.390. The lowest BCUT2D eigenvalue weighted by Gasteiger charge is -2.05. The molecule has 0 saturated carbocycles. The van der Waals surface area contributed by atoms with Crippen molar-refractivity contribution in [1.82, 2.24) is 0 Å². The summed E-state index contributed by atoms with van der Waals surface area (Å²) in [5.41, 5.74) is 2.46. The van der Waals surface area contributed by atoms with Crippen molar-refractivity contribution in [3.05, 3.63) is 104 Å². The molecule has 0 unspecified atom stereocenters. The van der Waals surface area contributed by atoms with Gasteiger partial charge in [0, 0.05) is 33.0 Å². The van der Waals surface area contributed by atoms with Crippen LogP contribution in [0.2, 0.25) is 10.0 Å². The van der Waals surface area contributed by atoms with Crippen molar-refractivity contribution in [3.63, 3.8) is 0 Å². The Kier molecular flexibility index (Phi) is 7.52. The summed E-state index contributed by atoms with van der Waals surface area (Å²) in [4.78, 5) is 16.9. The van der Waals surface area contributed by atoms with Crippen LogP contribution in [0.25, 0.3) is 0 Å². The van der Waals surface area contributed by atoms with Crippen LogP contribution in [0.3, 0.4) is 0 Å². The fraction of sp³-hybridized carbons (Fsp3) is 0.0952. The van der Waals surface area contributed by atoms with Gasteiger partial charge in [-0.05, 0) is 23.8 Å². The zero-order chi connectivity index (χ0) is 20.6. The fourth-order valence-electron chi connectivity index (χ4n) is 2.46. The molecule has 3 aromatic rings. The van der Waals surface area contributed by atoms with Gasteiger partial charge in [-0.15, -0.1) is 11.8 Å². The first-order valence-electron chi connectivity index (χ1n) is 8.57. The quantitative estimate of drug-likeness (QED) is 0.166. The first-order chi connectivity index (χ1) is 14.0. The summed E-state index contributed by atoms with van der Waals surface area (Å²) in [6.07, 6.45) is 1.43. The largest absolute Gasteiger partial charge is 0.391 e. The van der Waals surface area contributed by atoms with Gasteiger partial charge in [0.25, 0.3) is 5.69 Å². The standard InChI is InChI=1S/C21H16Cl2N2O3S/c22-18-8-7-17(19(23)11-18)13-28-24-12-16-6-9-21(20(10-16)25(26)27)29-14-15-4-2-1-3-5-15/h1-12H,13-14H2/b24-12-. The van der Waals surface area contributed by atoms with Crippen LogP contribution in [-0.2, 0) is 17.2 Å². The maximum atomic E-state index is 11.5. The smallest absolute Gasteiger partial charge is 0.283 e. The van der Waals surface area contributed by atoms with Crippen molar-refractivity contribution in [3.8, 4) is 0 Å². The lowest BCUT2D eigenvalue weighted by atomic mass is 10.2. The molecule has 0 atom stereocenters. The van der Waals surface area contributed by atoms with Crippen LogP contribution in [0.1, 0.15) is 16.7 Å². The third-order valence-electron chi connectivity index (χ3n) is 3.93. The van der Waals surface area contributed by atoms with Crippen molar-refractivity contribution in [2.45, 2.75) is 17.3 Å². The Morgan fingerprint density at radius 3 is 2.59 bits per heavy atom. The van der Waals surface area contributed by atoms with Gasteiger partial charge in [0.1, 0.15) is 6.61 Å². The van der Waals surface area contributed by atoms with Gasteiger partial charge in [-0.2, -0.15) is 0 Å². The van der Waals surface area contributed by atoms with Crippen LogP contribution >= 0.6 is 35.0 Å². The molecule has 5 nitrogen and oxygen atoms in total. The van der Waals surface area contributed by atoms with E-state index in [1.807, 2.05) is 30.3 Å². The Morgan fingerprint density at radius 2 is 1.86 bits per heavy atom. The summed E-state index contributed by atoms with van der Waals surface area (Å²) in [6.45, 7) is 0.166. The molecule has 0 N–H and O–H groups in total. The molecule has 0 radical (unpaired) electrons. The molecule has 148 valence electrons. The van der Waals surface area contributed by atoms with Crippen LogP contribution in [0.4, 0.5) is 5.69 Å². The molecule has 0 heterocycles. The van der Waals surface area contributed by atoms with E-state index in [1.165, 1.54) is 24.0 Å². The maximum Gasteiger partial charge on any atom is 0.283 e. The van der Waals surface area contributed by atoms with Crippen LogP contribution < -0.4 is 0 Å². The molecule has 0 fully saturated rings. The van der Waals surface area contributed by atoms with Gasteiger partial charge in [-0.1, -0.05) is 70.8 Å². The second-order valence-electron chi connectivity index (χ2n) is 6.00. The van der Waals surface area contributed by atoms with Crippen molar-refractivity contribution in [2.24, 2.45) is 5.16 Å². The minimum Gasteiger partial charge on any atom is -0.391 e. The zero-order valence-corrected chi connectivity index (χ0v) is 17.5. The molecule has 0 saturated heterocycles. The van der Waals surface area contributed by atoms with Crippen molar-refractivity contribution < 1.29 is 9.76 Å². The third-order valence-corrected chi connectivity index (χ3v) is 5.65. The van der Waals surface area contributed by atoms with Gasteiger partial charge in [0.15, 0.2) is 0 Å². The van der Waals surface area contributed by atoms with E-state index >= 15 is 0 Å². The SMILES string of the molecule is O=[N+]([O-])c1cc(/C=N\OCc2ccc(Cl)cc2Cl)ccc1SCc1ccccc1. The van der Waals surface area contributed by atoms with Crippen molar-refractivity contribution >= 4 is 46.9 Å². The average Bonchev–Trinajstić information content (AvgIpc) is 2.72. The Balaban J connectivity index is 1.64. The predicted octanol–water partition coefficient (Wildman–Crippen LogP) is 6.74. The molecular formula is C21H16Cl2N2O3S. The maximum absolute atomic E-state index is 11.5. The van der Waals surface area contributed by atoms with Crippen molar-refractivity contribution in [1.29, 1.82) is 0 Å². The molecular weight excluding hydrogens is 431 g/mol. The summed E-state index contributed by atoms with van der Waals surface area (Å²) >= 11 is 13.4. The molecule has 0 amide bonds. The predicted molar refractivity (Wildman–Crippen MR) is 118 cm³/mol. The number of benzene rings is 3. The van der Waals surface area contributed by atoms with Crippen LogP contribution in [-0.4, -0.2) is 11.1 Å². The molecule has 0 aliphatic carbocycles. The van der Waals surface area contributed by atoms with Gasteiger partial charge < -0.3 is 4.84 Å². The summed E-state index contributed by atoms with van der Waals surface area (Å²) < 4.78 is 0. The summed E-state index contributed by atoms with van der Waals surface area (Å²) in [5, 5.41) is 16.4. The zero-order valence-electron chi connectivity index (χ0n) is 15.1. The normalized spacial score (nSPS) is 11.0. The second kappa shape index (κ2) is 10.3. The van der Waals surface area contributed by atoms with Gasteiger partial charge in [-0.3, -0.25) is 10.1 Å². The molecule has 0 spiro atoms. The van der Waals surface area contributed by atoms with Gasteiger partial charge in [0.05, 0.1) is 16.0 Å². The number of hydrogen-bond acceptors (Lipinski definition) is 5. The van der Waals surface area contributed by atoms with E-state index in [1.54, 1.807) is 30.3 Å². The molecule has 3 rings (SSSR count). The number of oxime groups is 1. The molecule has 8 heteroatoms. The Morgan fingerprint density at radius 1 is 1.07 bits per heavy atom. The highest BCUT2D eigenvalue weighted by Gasteiger charge is 2.15. The van der Waals surface area contributed by atoms with Crippen LogP contribution in [0.5, 0.6) is 0 Å². The molecule has 3 aromatic carbocycles. The number of nitro benzene ring substituents is 1. The van der Waals surface area contributed by atoms with E-state index < -0.39 is 0 Å². The average molecular weight is 447 g/mol. The molecule has 0 aliphatic rings. The van der Waals surface area contributed by atoms with Gasteiger partial charge in [0.2, 0.25) is 0 Å². The van der Waals surface area contributed by atoms with Crippen molar-refractivity contribution in [2.75, 3.05) is 0 Å². The molecule has 0 bridgehead atoms. The van der Waals surface area contributed by atoms with E-state index in [0.717, 1.165) is 11.1 Å². The first-order valence-corrected chi connectivity index (χ1v) is 10.3. The van der Waals surface area contributed by atoms with E-state index in [2.05, 4.69) is 5.16 Å². The summed E-state index contributed by atoms with van der Waals surface area (Å²) in [5.74, 6) is 0.653. The highest BCUT2D eigenvalue weighted by atomic mass is 35.5. The van der Waals surface area contributed by atoms with Gasteiger partial charge in [-0.25, -0.2) is 0 Å². The number of thioether (sulfide) groups is 1. The lowest BCUT2D eigenvalue weighted by Crippen LogP contribution is -1.94. The molecule has 29 heavy (non-hydrogen) atoms. The van der Waals surface area contributed by atoms with E-state index in [9.17, 15) is 10.1 Å². The number of nitro groups is 1. The van der Waals surface area contributed by atoms with Crippen LogP contribution in [0, 0.1) is 10.1 Å². The van der Waals surface area contributed by atoms with E-state index in [0.29, 0.717) is 26.3 Å². The lowest BCUT2D eigenvalue weighted by molar-refractivity contribution is -0.387. The second-order valence-corrected chi connectivity index (χ2v) is 7.86. The Labute approximate surface area is 182 Å². The summed E-state index contributed by atoms with van der Waals surface area (Å²) in [7, 11) is 0. The van der Waals surface area contributed by atoms with E-state index in [4.69, 9.17) is 28.0 Å². The highest BCUT2D eigenvalue weighted by molar-refractivity contribution is 7.98.